The zero-order valence-corrected chi connectivity index (χ0v) is 14.1. The number of anilines is 1. The molecule has 0 amide bonds. The largest absolute Gasteiger partial charge is 0.478 e. The molecule has 1 aromatic carbocycles. The Morgan fingerprint density at radius 2 is 2.10 bits per heavy atom. The summed E-state index contributed by atoms with van der Waals surface area (Å²) in [5.74, 6) is 0.627. The van der Waals surface area contributed by atoms with Crippen LogP contribution in [0.25, 0.3) is 0 Å². The standard InChI is InChI=1S/C17H27NO2S/c1-4-7-9-13(5-2)12-18-14-10-8-11-15(21-6-3)16(14)17(19)20/h8,10-11,13,18H,4-7,9,12H2,1-3H3,(H,19,20). The third-order valence-electron chi connectivity index (χ3n) is 3.66. The number of hydrogen-bond donors (Lipinski definition) is 2. The molecule has 0 bridgehead atoms. The Balaban J connectivity index is 2.82. The van der Waals surface area contributed by atoms with Crippen molar-refractivity contribution < 1.29 is 9.90 Å². The van der Waals surface area contributed by atoms with Gasteiger partial charge in [-0.15, -0.1) is 11.8 Å². The number of carboxylic acid groups (broad SMARTS) is 1. The first-order valence-electron chi connectivity index (χ1n) is 7.86. The van der Waals surface area contributed by atoms with Crippen LogP contribution in [-0.2, 0) is 0 Å². The minimum atomic E-state index is -0.851. The van der Waals surface area contributed by atoms with Crippen LogP contribution >= 0.6 is 11.8 Å². The highest BCUT2D eigenvalue weighted by atomic mass is 32.2. The van der Waals surface area contributed by atoms with Crippen molar-refractivity contribution in [1.29, 1.82) is 0 Å². The van der Waals surface area contributed by atoms with E-state index >= 15 is 0 Å². The number of carbonyl (C=O) groups is 1. The minimum Gasteiger partial charge on any atom is -0.478 e. The molecular formula is C17H27NO2S. The van der Waals surface area contributed by atoms with Crippen molar-refractivity contribution in [2.75, 3.05) is 17.6 Å². The second-order valence-corrected chi connectivity index (χ2v) is 6.52. The van der Waals surface area contributed by atoms with Crippen LogP contribution in [0.15, 0.2) is 23.1 Å². The Labute approximate surface area is 132 Å². The van der Waals surface area contributed by atoms with E-state index in [0.29, 0.717) is 11.5 Å². The van der Waals surface area contributed by atoms with E-state index in [1.165, 1.54) is 19.3 Å². The van der Waals surface area contributed by atoms with Gasteiger partial charge in [0.1, 0.15) is 0 Å². The van der Waals surface area contributed by atoms with Gasteiger partial charge in [0.15, 0.2) is 0 Å². The number of carboxylic acids is 1. The fourth-order valence-electron chi connectivity index (χ4n) is 2.37. The highest BCUT2D eigenvalue weighted by Crippen LogP contribution is 2.29. The van der Waals surface area contributed by atoms with Gasteiger partial charge in [-0.3, -0.25) is 0 Å². The van der Waals surface area contributed by atoms with Gasteiger partial charge in [0.25, 0.3) is 0 Å². The maximum atomic E-state index is 11.6. The molecule has 2 N–H and O–H groups in total. The molecule has 1 rings (SSSR count). The summed E-state index contributed by atoms with van der Waals surface area (Å²) in [6, 6.07) is 5.69. The van der Waals surface area contributed by atoms with Crippen molar-refractivity contribution in [3.8, 4) is 0 Å². The fraction of sp³-hybridized carbons (Fsp3) is 0.588. The average molecular weight is 309 g/mol. The summed E-state index contributed by atoms with van der Waals surface area (Å²) in [6.45, 7) is 7.28. The second kappa shape index (κ2) is 9.72. The van der Waals surface area contributed by atoms with Crippen LogP contribution < -0.4 is 5.32 Å². The van der Waals surface area contributed by atoms with E-state index < -0.39 is 5.97 Å². The zero-order valence-electron chi connectivity index (χ0n) is 13.3. The predicted octanol–water partition coefficient (Wildman–Crippen LogP) is 5.13. The molecule has 21 heavy (non-hydrogen) atoms. The molecule has 0 heterocycles. The topological polar surface area (TPSA) is 49.3 Å². The normalized spacial score (nSPS) is 12.1. The van der Waals surface area contributed by atoms with Crippen LogP contribution in [0.4, 0.5) is 5.69 Å². The predicted molar refractivity (Wildman–Crippen MR) is 91.6 cm³/mol. The highest BCUT2D eigenvalue weighted by Gasteiger charge is 2.16. The molecule has 0 aliphatic rings. The quantitative estimate of drug-likeness (QED) is 0.589. The Kier molecular flexibility index (Phi) is 8.28. The van der Waals surface area contributed by atoms with Gasteiger partial charge in [0, 0.05) is 17.1 Å². The van der Waals surface area contributed by atoms with Crippen LogP contribution in [0.5, 0.6) is 0 Å². The van der Waals surface area contributed by atoms with Crippen molar-refractivity contribution in [3.63, 3.8) is 0 Å². The first-order chi connectivity index (χ1) is 10.1. The van der Waals surface area contributed by atoms with E-state index in [9.17, 15) is 9.90 Å². The number of hydrogen-bond acceptors (Lipinski definition) is 3. The zero-order chi connectivity index (χ0) is 15.7. The molecule has 0 aromatic heterocycles. The third-order valence-corrected chi connectivity index (χ3v) is 4.60. The second-order valence-electron chi connectivity index (χ2n) is 5.21. The number of benzene rings is 1. The van der Waals surface area contributed by atoms with E-state index in [-0.39, 0.29) is 0 Å². The lowest BCUT2D eigenvalue weighted by Crippen LogP contribution is -2.16. The average Bonchev–Trinajstić information content (AvgIpc) is 2.47. The molecule has 1 aromatic rings. The molecule has 0 spiro atoms. The van der Waals surface area contributed by atoms with Gasteiger partial charge in [-0.25, -0.2) is 4.79 Å². The molecule has 0 radical (unpaired) electrons. The molecule has 0 fully saturated rings. The Bertz CT molecular complexity index is 448. The van der Waals surface area contributed by atoms with E-state index in [1.54, 1.807) is 11.8 Å². The van der Waals surface area contributed by atoms with Crippen molar-refractivity contribution >= 4 is 23.4 Å². The number of unbranched alkanes of at least 4 members (excludes halogenated alkanes) is 1. The van der Waals surface area contributed by atoms with Crippen LogP contribution in [0.1, 0.15) is 56.8 Å². The third kappa shape index (κ3) is 5.62. The van der Waals surface area contributed by atoms with Crippen LogP contribution in [-0.4, -0.2) is 23.4 Å². The SMILES string of the molecule is CCCCC(CC)CNc1cccc(SCC)c1C(=O)O. The molecule has 0 saturated carbocycles. The molecule has 1 unspecified atom stereocenters. The smallest absolute Gasteiger partial charge is 0.338 e. The summed E-state index contributed by atoms with van der Waals surface area (Å²) in [5, 5.41) is 12.8. The maximum absolute atomic E-state index is 11.6. The maximum Gasteiger partial charge on any atom is 0.338 e. The minimum absolute atomic E-state index is 0.412. The first-order valence-corrected chi connectivity index (χ1v) is 8.85. The van der Waals surface area contributed by atoms with Gasteiger partial charge in [0.05, 0.1) is 5.56 Å². The lowest BCUT2D eigenvalue weighted by molar-refractivity contribution is 0.0694. The summed E-state index contributed by atoms with van der Waals surface area (Å²) in [4.78, 5) is 12.4. The van der Waals surface area contributed by atoms with Gasteiger partial charge in [-0.2, -0.15) is 0 Å². The number of rotatable bonds is 10. The Morgan fingerprint density at radius 3 is 2.67 bits per heavy atom. The van der Waals surface area contributed by atoms with Crippen LogP contribution in [0.3, 0.4) is 0 Å². The van der Waals surface area contributed by atoms with Crippen molar-refractivity contribution in [2.45, 2.75) is 51.3 Å². The van der Waals surface area contributed by atoms with E-state index in [2.05, 4.69) is 19.2 Å². The summed E-state index contributed by atoms with van der Waals surface area (Å²) >= 11 is 1.58. The van der Waals surface area contributed by atoms with Crippen molar-refractivity contribution in [3.05, 3.63) is 23.8 Å². The Hall–Kier alpha value is -1.16. The molecule has 1 atom stereocenters. The first kappa shape index (κ1) is 17.9. The van der Waals surface area contributed by atoms with E-state index in [1.807, 2.05) is 25.1 Å². The van der Waals surface area contributed by atoms with E-state index in [4.69, 9.17) is 0 Å². The summed E-state index contributed by atoms with van der Waals surface area (Å²) in [5.41, 5.74) is 1.16. The lowest BCUT2D eigenvalue weighted by atomic mass is 9.99. The van der Waals surface area contributed by atoms with Gasteiger partial charge < -0.3 is 10.4 Å². The van der Waals surface area contributed by atoms with Gasteiger partial charge >= 0.3 is 5.97 Å². The molecule has 118 valence electrons. The number of aromatic carboxylic acids is 1. The van der Waals surface area contributed by atoms with Crippen molar-refractivity contribution in [2.24, 2.45) is 5.92 Å². The fourth-order valence-corrected chi connectivity index (χ4v) is 3.20. The van der Waals surface area contributed by atoms with Crippen molar-refractivity contribution in [1.82, 2.24) is 0 Å². The molecular weight excluding hydrogens is 282 g/mol. The highest BCUT2D eigenvalue weighted by molar-refractivity contribution is 7.99. The van der Waals surface area contributed by atoms with Gasteiger partial charge in [0.2, 0.25) is 0 Å². The molecule has 0 saturated heterocycles. The van der Waals surface area contributed by atoms with E-state index in [0.717, 1.165) is 29.3 Å². The molecule has 0 aliphatic heterocycles. The van der Waals surface area contributed by atoms with Gasteiger partial charge in [-0.1, -0.05) is 46.1 Å². The molecule has 3 nitrogen and oxygen atoms in total. The molecule has 4 heteroatoms. The van der Waals surface area contributed by atoms with Gasteiger partial charge in [-0.05, 0) is 30.2 Å². The van der Waals surface area contributed by atoms with Crippen LogP contribution in [0, 0.1) is 5.92 Å². The summed E-state index contributed by atoms with van der Waals surface area (Å²) in [6.07, 6.45) is 4.77. The number of thioether (sulfide) groups is 1. The number of nitrogens with one attached hydrogen (secondary N) is 1. The Morgan fingerprint density at radius 1 is 1.33 bits per heavy atom. The van der Waals surface area contributed by atoms with Crippen LogP contribution in [0.2, 0.25) is 0 Å². The summed E-state index contributed by atoms with van der Waals surface area (Å²) in [7, 11) is 0. The molecule has 0 aliphatic carbocycles. The summed E-state index contributed by atoms with van der Waals surface area (Å²) < 4.78 is 0. The lowest BCUT2D eigenvalue weighted by Gasteiger charge is -2.18. The monoisotopic (exact) mass is 309 g/mol.